The predicted molar refractivity (Wildman–Crippen MR) is 68.9 cm³/mol. The summed E-state index contributed by atoms with van der Waals surface area (Å²) < 4.78 is 0. The number of anilines is 1. The van der Waals surface area contributed by atoms with Crippen molar-refractivity contribution >= 4 is 23.4 Å². The van der Waals surface area contributed by atoms with Crippen LogP contribution in [0.4, 0.5) is 5.69 Å². The van der Waals surface area contributed by atoms with E-state index in [9.17, 15) is 4.79 Å². The molecule has 2 unspecified atom stereocenters. The normalized spacial score (nSPS) is 24.3. The van der Waals surface area contributed by atoms with Crippen LogP contribution in [0.1, 0.15) is 23.7 Å². The van der Waals surface area contributed by atoms with Crippen LogP contribution in [0.2, 0.25) is 0 Å². The Balaban J connectivity index is 2.04. The highest BCUT2D eigenvalue weighted by Gasteiger charge is 2.21. The number of benzene rings is 1. The summed E-state index contributed by atoms with van der Waals surface area (Å²) in [6, 6.07) is 7.88. The Hall–Kier alpha value is -1.16. The average molecular weight is 236 g/mol. The maximum atomic E-state index is 11.0. The molecule has 2 rings (SSSR count). The highest BCUT2D eigenvalue weighted by molar-refractivity contribution is 8.00. The first-order valence-corrected chi connectivity index (χ1v) is 6.48. The van der Waals surface area contributed by atoms with Gasteiger partial charge in [0.05, 0.1) is 0 Å². The zero-order valence-corrected chi connectivity index (χ0v) is 10.1. The van der Waals surface area contributed by atoms with Crippen LogP contribution in [0.5, 0.6) is 0 Å². The van der Waals surface area contributed by atoms with E-state index in [1.54, 1.807) is 6.07 Å². The van der Waals surface area contributed by atoms with E-state index in [-0.39, 0.29) is 5.91 Å². The lowest BCUT2D eigenvalue weighted by atomic mass is 10.1. The van der Waals surface area contributed by atoms with Gasteiger partial charge in [-0.05, 0) is 24.6 Å². The first kappa shape index (κ1) is 11.3. The number of nitrogens with two attached hydrogens (primary N) is 1. The number of carbonyl (C=O) groups excluding carboxylic acids is 1. The lowest BCUT2D eigenvalue weighted by Gasteiger charge is -2.13. The number of thioether (sulfide) groups is 1. The molecule has 1 fully saturated rings. The second-order valence-electron chi connectivity index (χ2n) is 4.17. The molecule has 3 nitrogen and oxygen atoms in total. The maximum absolute atomic E-state index is 11.0. The van der Waals surface area contributed by atoms with Crippen molar-refractivity contribution in [3.63, 3.8) is 0 Å². The van der Waals surface area contributed by atoms with E-state index in [0.717, 1.165) is 16.7 Å². The third kappa shape index (κ3) is 2.70. The van der Waals surface area contributed by atoms with Crippen LogP contribution in [0, 0.1) is 0 Å². The van der Waals surface area contributed by atoms with Crippen LogP contribution in [0.15, 0.2) is 24.3 Å². The number of primary amides is 1. The number of nitrogens with one attached hydrogen (secondary N) is 1. The minimum atomic E-state index is -0.377. The molecular weight excluding hydrogens is 220 g/mol. The van der Waals surface area contributed by atoms with Crippen molar-refractivity contribution in [1.29, 1.82) is 0 Å². The molecule has 1 heterocycles. The van der Waals surface area contributed by atoms with Gasteiger partial charge in [0.1, 0.15) is 0 Å². The number of amides is 1. The zero-order valence-electron chi connectivity index (χ0n) is 9.27. The first-order valence-electron chi connectivity index (χ1n) is 5.43. The standard InChI is InChI=1S/C12H16N2OS/c1-8-5-11(7-16-8)14-10-4-2-3-9(6-10)12(13)15/h2-4,6,8,11,14H,5,7H2,1H3,(H2,13,15). The van der Waals surface area contributed by atoms with Crippen molar-refractivity contribution < 1.29 is 4.79 Å². The van der Waals surface area contributed by atoms with Crippen LogP contribution in [0.3, 0.4) is 0 Å². The van der Waals surface area contributed by atoms with Gasteiger partial charge in [-0.2, -0.15) is 11.8 Å². The van der Waals surface area contributed by atoms with Crippen LogP contribution in [-0.2, 0) is 0 Å². The Morgan fingerprint density at radius 1 is 1.56 bits per heavy atom. The molecule has 0 radical (unpaired) electrons. The van der Waals surface area contributed by atoms with Crippen LogP contribution < -0.4 is 11.1 Å². The van der Waals surface area contributed by atoms with Crippen molar-refractivity contribution in [3.8, 4) is 0 Å². The topological polar surface area (TPSA) is 55.1 Å². The van der Waals surface area contributed by atoms with Gasteiger partial charge in [0.2, 0.25) is 5.91 Å². The summed E-state index contributed by atoms with van der Waals surface area (Å²) in [6.07, 6.45) is 1.17. The summed E-state index contributed by atoms with van der Waals surface area (Å²) >= 11 is 1.98. The van der Waals surface area contributed by atoms with Gasteiger partial charge in [0, 0.05) is 28.3 Å². The number of hydrogen-bond acceptors (Lipinski definition) is 3. The minimum Gasteiger partial charge on any atom is -0.381 e. The smallest absolute Gasteiger partial charge is 0.248 e. The van der Waals surface area contributed by atoms with Gasteiger partial charge in [0.15, 0.2) is 0 Å². The summed E-state index contributed by atoms with van der Waals surface area (Å²) in [7, 11) is 0. The molecule has 4 heteroatoms. The average Bonchev–Trinajstić information content (AvgIpc) is 2.64. The largest absolute Gasteiger partial charge is 0.381 e. The Morgan fingerprint density at radius 3 is 3.00 bits per heavy atom. The van der Waals surface area contributed by atoms with E-state index >= 15 is 0 Å². The second kappa shape index (κ2) is 4.78. The molecule has 3 N–H and O–H groups in total. The van der Waals surface area contributed by atoms with Crippen molar-refractivity contribution in [1.82, 2.24) is 0 Å². The van der Waals surface area contributed by atoms with Gasteiger partial charge < -0.3 is 11.1 Å². The maximum Gasteiger partial charge on any atom is 0.248 e. The Kier molecular flexibility index (Phi) is 3.39. The Labute approximate surface area is 99.8 Å². The Bertz CT molecular complexity index is 394. The van der Waals surface area contributed by atoms with Gasteiger partial charge in [-0.3, -0.25) is 4.79 Å². The van der Waals surface area contributed by atoms with Gasteiger partial charge >= 0.3 is 0 Å². The van der Waals surface area contributed by atoms with E-state index in [4.69, 9.17) is 5.73 Å². The molecule has 0 aromatic heterocycles. The zero-order chi connectivity index (χ0) is 11.5. The molecule has 1 aromatic rings. The number of rotatable bonds is 3. The summed E-state index contributed by atoms with van der Waals surface area (Å²) in [6.45, 7) is 2.24. The lowest BCUT2D eigenvalue weighted by molar-refractivity contribution is 0.100. The molecular formula is C12H16N2OS. The van der Waals surface area contributed by atoms with E-state index < -0.39 is 0 Å². The monoisotopic (exact) mass is 236 g/mol. The van der Waals surface area contributed by atoms with Crippen molar-refractivity contribution in [2.45, 2.75) is 24.6 Å². The molecule has 1 saturated heterocycles. The van der Waals surface area contributed by atoms with Crippen molar-refractivity contribution in [2.24, 2.45) is 5.73 Å². The van der Waals surface area contributed by atoms with E-state index in [0.29, 0.717) is 11.6 Å². The molecule has 2 atom stereocenters. The van der Waals surface area contributed by atoms with Crippen molar-refractivity contribution in [2.75, 3.05) is 11.1 Å². The summed E-state index contributed by atoms with van der Waals surface area (Å²) in [5.41, 5.74) is 6.78. The number of carbonyl (C=O) groups is 1. The van der Waals surface area contributed by atoms with E-state index in [1.165, 1.54) is 6.42 Å². The van der Waals surface area contributed by atoms with E-state index in [1.807, 2.05) is 30.0 Å². The predicted octanol–water partition coefficient (Wildman–Crippen LogP) is 2.09. The molecule has 0 bridgehead atoms. The molecule has 0 saturated carbocycles. The quantitative estimate of drug-likeness (QED) is 0.845. The second-order valence-corrected chi connectivity index (χ2v) is 5.64. The fraction of sp³-hybridized carbons (Fsp3) is 0.417. The molecule has 0 spiro atoms. The number of hydrogen-bond donors (Lipinski definition) is 2. The summed E-state index contributed by atoms with van der Waals surface area (Å²) in [5.74, 6) is 0.750. The fourth-order valence-corrected chi connectivity index (χ4v) is 3.06. The third-order valence-corrected chi connectivity index (χ3v) is 4.07. The minimum absolute atomic E-state index is 0.377. The van der Waals surface area contributed by atoms with Gasteiger partial charge in [-0.25, -0.2) is 0 Å². The SMILES string of the molecule is CC1CC(Nc2cccc(C(N)=O)c2)CS1. The van der Waals surface area contributed by atoms with Gasteiger partial charge in [0.25, 0.3) is 0 Å². The fourth-order valence-electron chi connectivity index (χ4n) is 1.92. The molecule has 1 aromatic carbocycles. The summed E-state index contributed by atoms with van der Waals surface area (Å²) in [4.78, 5) is 11.0. The molecule has 1 aliphatic heterocycles. The third-order valence-electron chi connectivity index (χ3n) is 2.72. The molecule has 1 aliphatic rings. The van der Waals surface area contributed by atoms with Crippen molar-refractivity contribution in [3.05, 3.63) is 29.8 Å². The molecule has 86 valence electrons. The highest BCUT2D eigenvalue weighted by Crippen LogP contribution is 2.28. The van der Waals surface area contributed by atoms with Crippen LogP contribution in [0.25, 0.3) is 0 Å². The molecule has 16 heavy (non-hydrogen) atoms. The lowest BCUT2D eigenvalue weighted by Crippen LogP contribution is -2.19. The van der Waals surface area contributed by atoms with Gasteiger partial charge in [-0.15, -0.1) is 0 Å². The Morgan fingerprint density at radius 2 is 2.38 bits per heavy atom. The highest BCUT2D eigenvalue weighted by atomic mass is 32.2. The van der Waals surface area contributed by atoms with Crippen LogP contribution >= 0.6 is 11.8 Å². The first-order chi connectivity index (χ1) is 7.65. The molecule has 0 aliphatic carbocycles. The van der Waals surface area contributed by atoms with Crippen LogP contribution in [-0.4, -0.2) is 23.0 Å². The van der Waals surface area contributed by atoms with E-state index in [2.05, 4.69) is 12.2 Å². The van der Waals surface area contributed by atoms with Gasteiger partial charge in [-0.1, -0.05) is 13.0 Å². The molecule has 1 amide bonds. The summed E-state index contributed by atoms with van der Waals surface area (Å²) in [5, 5.41) is 4.16.